The number of benzene rings is 2. The lowest BCUT2D eigenvalue weighted by atomic mass is 9.63. The van der Waals surface area contributed by atoms with E-state index in [1.807, 2.05) is 74.5 Å². The third-order valence-corrected chi connectivity index (χ3v) is 11.0. The summed E-state index contributed by atoms with van der Waals surface area (Å²) in [7, 11) is 0. The molecule has 2 bridgehead atoms. The van der Waals surface area contributed by atoms with Crippen LogP contribution in [-0.2, 0) is 9.59 Å². The normalized spacial score (nSPS) is 31.8. The van der Waals surface area contributed by atoms with Gasteiger partial charge in [0.15, 0.2) is 5.82 Å². The lowest BCUT2D eigenvalue weighted by Gasteiger charge is -2.42. The molecule has 1 saturated carbocycles. The summed E-state index contributed by atoms with van der Waals surface area (Å²) in [6, 6.07) is 19.4. The minimum atomic E-state index is -1.27. The van der Waals surface area contributed by atoms with Crippen molar-refractivity contribution >= 4 is 38.9 Å². The van der Waals surface area contributed by atoms with E-state index in [1.165, 1.54) is 4.90 Å². The van der Waals surface area contributed by atoms with Crippen LogP contribution in [0.25, 0.3) is 11.1 Å². The number of carbonyl (C=O) groups excluding carboxylic acids is 2. The molecule has 40 heavy (non-hydrogen) atoms. The van der Waals surface area contributed by atoms with Crippen LogP contribution in [0.5, 0.6) is 0 Å². The number of hydrogen-bond acceptors (Lipinski definition) is 7. The lowest BCUT2D eigenvalue weighted by Crippen LogP contribution is -2.51. The highest BCUT2D eigenvalue weighted by Gasteiger charge is 2.85. The molecule has 6 atom stereocenters. The Kier molecular flexibility index (Phi) is 6.40. The largest absolute Gasteiger partial charge is 0.391 e. The number of likely N-dealkylation sites (tertiary alicyclic amines) is 1. The Morgan fingerprint density at radius 1 is 1.02 bits per heavy atom. The summed E-state index contributed by atoms with van der Waals surface area (Å²) in [4.78, 5) is 34.0. The second kappa shape index (κ2) is 9.46. The molecule has 2 fully saturated rings. The molecule has 0 radical (unpaired) electrons. The van der Waals surface area contributed by atoms with E-state index < -0.39 is 33.2 Å². The van der Waals surface area contributed by atoms with Gasteiger partial charge in [0.1, 0.15) is 4.32 Å². The SMILES string of the molecule is Cc1noc([C@@H](N)CCCCN2C(=O)C3C4(C)C(c5ccccc5)=C(c5ccccc5)C(C)(C4O)C3(Br)C2=O)n1. The van der Waals surface area contributed by atoms with Crippen LogP contribution in [0, 0.1) is 23.7 Å². The maximum atomic E-state index is 14.2. The van der Waals surface area contributed by atoms with Gasteiger partial charge in [0.25, 0.3) is 0 Å². The fourth-order valence-corrected chi connectivity index (χ4v) is 8.87. The summed E-state index contributed by atoms with van der Waals surface area (Å²) < 4.78 is 3.90. The first-order chi connectivity index (χ1) is 19.1. The van der Waals surface area contributed by atoms with Crippen molar-refractivity contribution in [2.24, 2.45) is 22.5 Å². The third kappa shape index (κ3) is 3.44. The van der Waals surface area contributed by atoms with E-state index in [2.05, 4.69) is 26.1 Å². The van der Waals surface area contributed by atoms with Gasteiger partial charge in [-0.25, -0.2) is 0 Å². The number of nitrogens with zero attached hydrogens (tertiary/aromatic N) is 3. The van der Waals surface area contributed by atoms with E-state index in [1.54, 1.807) is 6.92 Å². The van der Waals surface area contributed by atoms with Crippen molar-refractivity contribution in [2.45, 2.75) is 56.5 Å². The molecule has 5 unspecified atom stereocenters. The van der Waals surface area contributed by atoms with Crippen LogP contribution in [0.15, 0.2) is 65.2 Å². The highest BCUT2D eigenvalue weighted by molar-refractivity contribution is 9.10. The number of fused-ring (bicyclic) bond motifs is 5. The van der Waals surface area contributed by atoms with Gasteiger partial charge in [0.2, 0.25) is 17.7 Å². The first-order valence-corrected chi connectivity index (χ1v) is 14.5. The second-order valence-corrected chi connectivity index (χ2v) is 12.8. The molecule has 9 heteroatoms. The molecule has 2 aliphatic carbocycles. The number of aromatic nitrogens is 2. The summed E-state index contributed by atoms with van der Waals surface area (Å²) in [6.07, 6.45) is 0.918. The number of aliphatic hydroxyl groups is 1. The Balaban J connectivity index is 1.34. The first kappa shape index (κ1) is 27.1. The van der Waals surface area contributed by atoms with E-state index in [4.69, 9.17) is 10.3 Å². The molecule has 3 aliphatic rings. The molecule has 2 amide bonds. The van der Waals surface area contributed by atoms with Crippen molar-refractivity contribution < 1.29 is 19.2 Å². The standard InChI is InChI=1S/C31H33BrN4O4/c1-18-34-25(40-35-18)21(33)16-10-11-17-36-26(37)24-29(2)22(19-12-6-4-7-13-19)23(20-14-8-5-9-15-20)30(3,27(29)38)31(24,32)28(36)39/h4-9,12-15,21,24,27,38H,10-11,16-17,33H2,1-3H3/t21-,24?,27?,29?,30?,31?/m0/s1. The second-order valence-electron chi connectivity index (χ2n) is 11.6. The van der Waals surface area contributed by atoms with Gasteiger partial charge in [-0.2, -0.15) is 4.98 Å². The Morgan fingerprint density at radius 2 is 1.62 bits per heavy atom. The zero-order chi connectivity index (χ0) is 28.4. The predicted octanol–water partition coefficient (Wildman–Crippen LogP) is 4.68. The monoisotopic (exact) mass is 604 g/mol. The molecule has 8 nitrogen and oxygen atoms in total. The van der Waals surface area contributed by atoms with Crippen molar-refractivity contribution in [1.82, 2.24) is 15.0 Å². The van der Waals surface area contributed by atoms with Crippen LogP contribution < -0.4 is 5.73 Å². The van der Waals surface area contributed by atoms with E-state index >= 15 is 0 Å². The fourth-order valence-electron chi connectivity index (χ4n) is 7.57. The average Bonchev–Trinajstić information content (AvgIpc) is 3.57. The smallest absolute Gasteiger partial charge is 0.247 e. The molecule has 6 rings (SSSR count). The Labute approximate surface area is 241 Å². The molecular formula is C31H33BrN4O4. The number of aliphatic hydroxyl groups excluding tert-OH is 1. The molecule has 1 saturated heterocycles. The van der Waals surface area contributed by atoms with Crippen molar-refractivity contribution in [3.05, 3.63) is 83.5 Å². The summed E-state index contributed by atoms with van der Waals surface area (Å²) in [6.45, 7) is 5.90. The molecule has 3 aromatic rings. The van der Waals surface area contributed by atoms with Gasteiger partial charge in [0, 0.05) is 17.4 Å². The zero-order valence-electron chi connectivity index (χ0n) is 22.8. The molecule has 208 valence electrons. The lowest BCUT2D eigenvalue weighted by molar-refractivity contribution is -0.142. The highest BCUT2D eigenvalue weighted by Crippen LogP contribution is 2.79. The van der Waals surface area contributed by atoms with Gasteiger partial charge in [-0.15, -0.1) is 0 Å². The van der Waals surface area contributed by atoms with Crippen molar-refractivity contribution in [1.29, 1.82) is 0 Å². The van der Waals surface area contributed by atoms with Gasteiger partial charge < -0.3 is 15.4 Å². The van der Waals surface area contributed by atoms with E-state index in [9.17, 15) is 14.7 Å². The maximum Gasteiger partial charge on any atom is 0.247 e. The van der Waals surface area contributed by atoms with Crippen molar-refractivity contribution in [3.8, 4) is 0 Å². The number of halogens is 1. The van der Waals surface area contributed by atoms with E-state index in [-0.39, 0.29) is 18.4 Å². The molecule has 1 aromatic heterocycles. The summed E-state index contributed by atoms with van der Waals surface area (Å²) in [5.41, 5.74) is 7.90. The summed E-state index contributed by atoms with van der Waals surface area (Å²) in [5, 5.41) is 15.9. The topological polar surface area (TPSA) is 123 Å². The average molecular weight is 606 g/mol. The minimum Gasteiger partial charge on any atom is -0.391 e. The Morgan fingerprint density at radius 3 is 2.20 bits per heavy atom. The number of nitrogens with two attached hydrogens (primary N) is 1. The number of amides is 2. The number of unbranched alkanes of at least 4 members (excludes halogenated alkanes) is 1. The van der Waals surface area contributed by atoms with Gasteiger partial charge in [-0.3, -0.25) is 14.5 Å². The van der Waals surface area contributed by atoms with Gasteiger partial charge >= 0.3 is 0 Å². The van der Waals surface area contributed by atoms with Gasteiger partial charge in [0.05, 0.1) is 18.1 Å². The number of alkyl halides is 1. The molecule has 2 heterocycles. The van der Waals surface area contributed by atoms with E-state index in [0.717, 1.165) is 22.3 Å². The first-order valence-electron chi connectivity index (χ1n) is 13.7. The number of carbonyl (C=O) groups is 2. The highest BCUT2D eigenvalue weighted by atomic mass is 79.9. The fraction of sp³-hybridized carbons (Fsp3) is 0.419. The number of rotatable bonds is 8. The third-order valence-electron chi connectivity index (χ3n) is 9.38. The predicted molar refractivity (Wildman–Crippen MR) is 154 cm³/mol. The molecule has 2 aromatic carbocycles. The number of imide groups is 1. The Hall–Kier alpha value is -3.14. The Bertz CT molecular complexity index is 1510. The summed E-state index contributed by atoms with van der Waals surface area (Å²) in [5.74, 6) is -0.363. The molecule has 3 N–H and O–H groups in total. The van der Waals surface area contributed by atoms with Crippen LogP contribution in [0.1, 0.15) is 62.0 Å². The number of aryl methyl sites for hydroxylation is 1. The van der Waals surface area contributed by atoms with Crippen molar-refractivity contribution in [2.75, 3.05) is 6.54 Å². The van der Waals surface area contributed by atoms with Crippen LogP contribution in [0.4, 0.5) is 0 Å². The molecular weight excluding hydrogens is 572 g/mol. The quantitative estimate of drug-likeness (QED) is 0.217. The molecule has 0 spiro atoms. The maximum absolute atomic E-state index is 14.2. The minimum absolute atomic E-state index is 0.246. The van der Waals surface area contributed by atoms with Crippen LogP contribution in [0.2, 0.25) is 0 Å². The molecule has 1 aliphatic heterocycles. The van der Waals surface area contributed by atoms with Gasteiger partial charge in [-0.1, -0.05) is 95.6 Å². The number of hydrogen-bond donors (Lipinski definition) is 2. The van der Waals surface area contributed by atoms with E-state index in [0.29, 0.717) is 31.0 Å². The van der Waals surface area contributed by atoms with Crippen molar-refractivity contribution in [3.63, 3.8) is 0 Å². The van der Waals surface area contributed by atoms with Gasteiger partial charge in [-0.05, 0) is 48.5 Å². The van der Waals surface area contributed by atoms with Crippen LogP contribution in [-0.4, -0.2) is 48.9 Å². The van der Waals surface area contributed by atoms with Crippen LogP contribution in [0.3, 0.4) is 0 Å². The summed E-state index contributed by atoms with van der Waals surface area (Å²) >= 11 is 3.86. The zero-order valence-corrected chi connectivity index (χ0v) is 24.4. The van der Waals surface area contributed by atoms with Crippen LogP contribution >= 0.6 is 15.9 Å².